The third-order valence-corrected chi connectivity index (χ3v) is 5.62. The molecule has 4 rings (SSSR count). The van der Waals surface area contributed by atoms with E-state index >= 15 is 0 Å². The number of likely N-dealkylation sites (N-methyl/N-ethyl adjacent to an activating group) is 1. The molecule has 0 saturated carbocycles. The summed E-state index contributed by atoms with van der Waals surface area (Å²) >= 11 is 2.26. The molecule has 2 aromatic carbocycles. The summed E-state index contributed by atoms with van der Waals surface area (Å²) in [6.07, 6.45) is 0.887. The maximum Gasteiger partial charge on any atom is 0.256 e. The summed E-state index contributed by atoms with van der Waals surface area (Å²) in [5.41, 5.74) is 4.60. The number of anilines is 1. The Hall–Kier alpha value is -1.99. The van der Waals surface area contributed by atoms with E-state index in [0.29, 0.717) is 0 Å². The van der Waals surface area contributed by atoms with Crippen LogP contribution in [0, 0.1) is 3.57 Å². The van der Waals surface area contributed by atoms with Gasteiger partial charge in [0.2, 0.25) is 0 Å². The van der Waals surface area contributed by atoms with E-state index in [2.05, 4.69) is 39.7 Å². The molecule has 5 heteroatoms. The Morgan fingerprint density at radius 3 is 2.73 bits per heavy atom. The van der Waals surface area contributed by atoms with Crippen LogP contribution >= 0.6 is 22.6 Å². The minimum atomic E-state index is -0.0565. The Morgan fingerprint density at radius 2 is 1.96 bits per heavy atom. The molecule has 0 radical (unpaired) electrons. The van der Waals surface area contributed by atoms with Gasteiger partial charge in [-0.15, -0.1) is 0 Å². The maximum absolute atomic E-state index is 13.2. The number of pyridine rings is 1. The zero-order valence-corrected chi connectivity index (χ0v) is 16.8. The van der Waals surface area contributed by atoms with Gasteiger partial charge < -0.3 is 5.32 Å². The van der Waals surface area contributed by atoms with E-state index < -0.39 is 0 Å². The van der Waals surface area contributed by atoms with Gasteiger partial charge in [-0.1, -0.05) is 25.1 Å². The van der Waals surface area contributed by atoms with E-state index in [1.807, 2.05) is 48.5 Å². The molecular formula is C21H20IN3O. The average molecular weight is 457 g/mol. The van der Waals surface area contributed by atoms with Crippen LogP contribution < -0.4 is 5.32 Å². The van der Waals surface area contributed by atoms with Crippen molar-refractivity contribution in [2.75, 3.05) is 18.4 Å². The van der Waals surface area contributed by atoms with Gasteiger partial charge in [0, 0.05) is 45.4 Å². The molecule has 26 heavy (non-hydrogen) atoms. The number of carbonyl (C=O) groups is 1. The predicted octanol–water partition coefficient (Wildman–Crippen LogP) is 4.47. The van der Waals surface area contributed by atoms with Crippen LogP contribution in [0.3, 0.4) is 0 Å². The molecule has 4 nitrogen and oxygen atoms in total. The van der Waals surface area contributed by atoms with Gasteiger partial charge in [-0.2, -0.15) is 0 Å². The SMILES string of the molecule is CCN1CCc2nc3ccccc3c(C(=O)Nc3ccc(I)cc3)c2C1. The summed E-state index contributed by atoms with van der Waals surface area (Å²) in [5.74, 6) is -0.0565. The van der Waals surface area contributed by atoms with Crippen molar-refractivity contribution in [2.45, 2.75) is 19.9 Å². The fourth-order valence-corrected chi connectivity index (χ4v) is 3.86. The number of amides is 1. The summed E-state index contributed by atoms with van der Waals surface area (Å²) in [5, 5.41) is 4.00. The second-order valence-corrected chi connectivity index (χ2v) is 7.75. The van der Waals surface area contributed by atoms with Crippen LogP contribution in [0.2, 0.25) is 0 Å². The first-order valence-electron chi connectivity index (χ1n) is 8.85. The summed E-state index contributed by atoms with van der Waals surface area (Å²) in [6.45, 7) is 4.90. The van der Waals surface area contributed by atoms with E-state index in [4.69, 9.17) is 4.98 Å². The molecule has 1 aromatic heterocycles. The lowest BCUT2D eigenvalue weighted by atomic mass is 9.95. The molecule has 132 valence electrons. The van der Waals surface area contributed by atoms with Crippen LogP contribution in [0.5, 0.6) is 0 Å². The lowest BCUT2D eigenvalue weighted by Crippen LogP contribution is -2.33. The molecule has 1 N–H and O–H groups in total. The molecule has 0 atom stereocenters. The number of para-hydroxylation sites is 1. The maximum atomic E-state index is 13.2. The molecule has 0 unspecified atom stereocenters. The van der Waals surface area contributed by atoms with Crippen molar-refractivity contribution in [3.05, 3.63) is 68.9 Å². The highest BCUT2D eigenvalue weighted by molar-refractivity contribution is 14.1. The van der Waals surface area contributed by atoms with Crippen molar-refractivity contribution in [2.24, 2.45) is 0 Å². The van der Waals surface area contributed by atoms with Crippen LogP contribution in [-0.2, 0) is 13.0 Å². The lowest BCUT2D eigenvalue weighted by molar-refractivity contribution is 0.102. The standard InChI is InChI=1S/C21H20IN3O/c1-2-25-12-11-19-17(13-25)20(16-5-3-4-6-18(16)24-19)21(26)23-15-9-7-14(22)8-10-15/h3-10H,2,11-13H2,1H3,(H,23,26). The molecule has 1 amide bonds. The van der Waals surface area contributed by atoms with Crippen molar-refractivity contribution in [1.82, 2.24) is 9.88 Å². The monoisotopic (exact) mass is 457 g/mol. The van der Waals surface area contributed by atoms with Gasteiger partial charge in [0.25, 0.3) is 5.91 Å². The third kappa shape index (κ3) is 3.33. The zero-order valence-electron chi connectivity index (χ0n) is 14.6. The normalized spacial score (nSPS) is 14.2. The Bertz CT molecular complexity index is 969. The first kappa shape index (κ1) is 17.4. The number of nitrogens with zero attached hydrogens (tertiary/aromatic N) is 2. The van der Waals surface area contributed by atoms with Crippen LogP contribution in [0.4, 0.5) is 5.69 Å². The van der Waals surface area contributed by atoms with Gasteiger partial charge in [0.15, 0.2) is 0 Å². The minimum Gasteiger partial charge on any atom is -0.322 e. The molecule has 0 saturated heterocycles. The second kappa shape index (κ2) is 7.32. The van der Waals surface area contributed by atoms with E-state index in [1.54, 1.807) is 0 Å². The van der Waals surface area contributed by atoms with Crippen molar-refractivity contribution in [1.29, 1.82) is 0 Å². The summed E-state index contributed by atoms with van der Waals surface area (Å²) in [6, 6.07) is 15.8. The summed E-state index contributed by atoms with van der Waals surface area (Å²) < 4.78 is 1.14. The highest BCUT2D eigenvalue weighted by Crippen LogP contribution is 2.29. The molecule has 0 aliphatic carbocycles. The first-order chi connectivity index (χ1) is 12.7. The van der Waals surface area contributed by atoms with Gasteiger partial charge in [0.1, 0.15) is 0 Å². The smallest absolute Gasteiger partial charge is 0.256 e. The Morgan fingerprint density at radius 1 is 1.19 bits per heavy atom. The highest BCUT2D eigenvalue weighted by Gasteiger charge is 2.25. The molecule has 1 aliphatic rings. The van der Waals surface area contributed by atoms with Crippen LogP contribution in [0.25, 0.3) is 10.9 Å². The van der Waals surface area contributed by atoms with E-state index in [1.165, 1.54) is 0 Å². The number of hydrogen-bond acceptors (Lipinski definition) is 3. The van der Waals surface area contributed by atoms with Gasteiger partial charge in [0.05, 0.1) is 11.1 Å². The predicted molar refractivity (Wildman–Crippen MR) is 114 cm³/mol. The van der Waals surface area contributed by atoms with Crippen molar-refractivity contribution >= 4 is 45.1 Å². The van der Waals surface area contributed by atoms with Gasteiger partial charge in [-0.05, 0) is 59.5 Å². The number of nitrogens with one attached hydrogen (secondary N) is 1. The Kier molecular flexibility index (Phi) is 4.91. The van der Waals surface area contributed by atoms with Crippen molar-refractivity contribution in [3.63, 3.8) is 0 Å². The van der Waals surface area contributed by atoms with Gasteiger partial charge in [-0.25, -0.2) is 0 Å². The topological polar surface area (TPSA) is 45.2 Å². The van der Waals surface area contributed by atoms with E-state index in [-0.39, 0.29) is 5.91 Å². The molecule has 0 bridgehead atoms. The number of halogens is 1. The van der Waals surface area contributed by atoms with Crippen LogP contribution in [-0.4, -0.2) is 28.9 Å². The van der Waals surface area contributed by atoms with E-state index in [9.17, 15) is 4.79 Å². The number of rotatable bonds is 3. The first-order valence-corrected chi connectivity index (χ1v) is 9.93. The Balaban J connectivity index is 1.81. The summed E-state index contributed by atoms with van der Waals surface area (Å²) in [7, 11) is 0. The molecule has 0 fully saturated rings. The minimum absolute atomic E-state index is 0.0565. The lowest BCUT2D eigenvalue weighted by Gasteiger charge is -2.29. The summed E-state index contributed by atoms with van der Waals surface area (Å²) in [4.78, 5) is 20.4. The fourth-order valence-electron chi connectivity index (χ4n) is 3.50. The van der Waals surface area contributed by atoms with Crippen LogP contribution in [0.15, 0.2) is 48.5 Å². The number of aromatic nitrogens is 1. The van der Waals surface area contributed by atoms with Gasteiger partial charge >= 0.3 is 0 Å². The fraction of sp³-hybridized carbons (Fsp3) is 0.238. The second-order valence-electron chi connectivity index (χ2n) is 6.51. The van der Waals surface area contributed by atoms with Crippen LogP contribution in [0.1, 0.15) is 28.5 Å². The zero-order chi connectivity index (χ0) is 18.1. The average Bonchev–Trinajstić information content (AvgIpc) is 2.67. The number of benzene rings is 2. The van der Waals surface area contributed by atoms with Crippen molar-refractivity contribution in [3.8, 4) is 0 Å². The van der Waals surface area contributed by atoms with E-state index in [0.717, 1.165) is 63.0 Å². The van der Waals surface area contributed by atoms with Crippen molar-refractivity contribution < 1.29 is 4.79 Å². The Labute approximate surface area is 166 Å². The number of fused-ring (bicyclic) bond motifs is 2. The largest absolute Gasteiger partial charge is 0.322 e. The molecule has 2 heterocycles. The highest BCUT2D eigenvalue weighted by atomic mass is 127. The number of hydrogen-bond donors (Lipinski definition) is 1. The molecule has 1 aliphatic heterocycles. The van der Waals surface area contributed by atoms with Gasteiger partial charge in [-0.3, -0.25) is 14.7 Å². The quantitative estimate of drug-likeness (QED) is 0.591. The number of carbonyl (C=O) groups excluding carboxylic acids is 1. The third-order valence-electron chi connectivity index (χ3n) is 4.90. The molecular weight excluding hydrogens is 437 g/mol. The molecule has 3 aromatic rings. The molecule has 0 spiro atoms.